The van der Waals surface area contributed by atoms with E-state index in [0.717, 1.165) is 16.3 Å². The highest BCUT2D eigenvalue weighted by molar-refractivity contribution is 5.97. The second-order valence-electron chi connectivity index (χ2n) is 5.13. The molecular formula is C19H16O2. The summed E-state index contributed by atoms with van der Waals surface area (Å²) < 4.78 is 5.61. The number of hydrogen-bond acceptors (Lipinski definition) is 2. The molecule has 3 aromatic carbocycles. The summed E-state index contributed by atoms with van der Waals surface area (Å²) in [4.78, 5) is 12.3. The molecule has 0 fully saturated rings. The first kappa shape index (κ1) is 13.4. The van der Waals surface area contributed by atoms with Gasteiger partial charge in [0.15, 0.2) is 0 Å². The average Bonchev–Trinajstić information content (AvgIpc) is 2.51. The van der Waals surface area contributed by atoms with E-state index in [2.05, 4.69) is 6.92 Å². The lowest BCUT2D eigenvalue weighted by Crippen LogP contribution is -2.10. The van der Waals surface area contributed by atoms with Crippen molar-refractivity contribution in [1.29, 1.82) is 0 Å². The predicted octanol–water partition coefficient (Wildman–Crippen LogP) is 4.68. The molecule has 0 atom stereocenters. The molecule has 0 heterocycles. The van der Waals surface area contributed by atoms with Gasteiger partial charge in [-0.3, -0.25) is 0 Å². The van der Waals surface area contributed by atoms with Crippen LogP contribution in [0.2, 0.25) is 0 Å². The first-order chi connectivity index (χ1) is 10.2. The van der Waals surface area contributed by atoms with Crippen LogP contribution in [-0.4, -0.2) is 5.97 Å². The van der Waals surface area contributed by atoms with Gasteiger partial charge in [0.25, 0.3) is 0 Å². The van der Waals surface area contributed by atoms with E-state index in [0.29, 0.717) is 11.3 Å². The molecule has 0 aromatic heterocycles. The highest BCUT2D eigenvalue weighted by Gasteiger charge is 2.13. The number of rotatable bonds is 2. The van der Waals surface area contributed by atoms with Gasteiger partial charge in [-0.2, -0.15) is 0 Å². The SMILES string of the molecule is Cc1ccccc1C(=O)Oc1ccc(C)c2ccccc12. The van der Waals surface area contributed by atoms with Crippen LogP contribution >= 0.6 is 0 Å². The van der Waals surface area contributed by atoms with E-state index in [1.165, 1.54) is 5.56 Å². The average molecular weight is 276 g/mol. The Morgan fingerprint density at radius 2 is 1.43 bits per heavy atom. The Bertz CT molecular complexity index is 819. The van der Waals surface area contributed by atoms with Crippen LogP contribution in [0.1, 0.15) is 21.5 Å². The van der Waals surface area contributed by atoms with Gasteiger partial charge in [-0.25, -0.2) is 4.79 Å². The quantitative estimate of drug-likeness (QED) is 0.502. The number of fused-ring (bicyclic) bond motifs is 1. The molecule has 3 rings (SSSR count). The summed E-state index contributed by atoms with van der Waals surface area (Å²) >= 11 is 0. The summed E-state index contributed by atoms with van der Waals surface area (Å²) in [7, 11) is 0. The Kier molecular flexibility index (Phi) is 3.44. The Morgan fingerprint density at radius 3 is 2.19 bits per heavy atom. The van der Waals surface area contributed by atoms with E-state index in [1.54, 1.807) is 6.07 Å². The molecule has 104 valence electrons. The third-order valence-corrected chi connectivity index (χ3v) is 3.67. The molecule has 3 aromatic rings. The summed E-state index contributed by atoms with van der Waals surface area (Å²) in [6, 6.07) is 19.2. The maximum Gasteiger partial charge on any atom is 0.343 e. The Balaban J connectivity index is 2.01. The topological polar surface area (TPSA) is 26.3 Å². The Morgan fingerprint density at radius 1 is 0.762 bits per heavy atom. The monoisotopic (exact) mass is 276 g/mol. The first-order valence-electron chi connectivity index (χ1n) is 6.93. The largest absolute Gasteiger partial charge is 0.422 e. The van der Waals surface area contributed by atoms with Crippen molar-refractivity contribution in [3.8, 4) is 5.75 Å². The van der Waals surface area contributed by atoms with Crippen LogP contribution in [0.15, 0.2) is 60.7 Å². The fourth-order valence-corrected chi connectivity index (χ4v) is 2.47. The molecule has 0 spiro atoms. The van der Waals surface area contributed by atoms with E-state index in [9.17, 15) is 4.79 Å². The molecule has 0 N–H and O–H groups in total. The van der Waals surface area contributed by atoms with Crippen molar-refractivity contribution >= 4 is 16.7 Å². The van der Waals surface area contributed by atoms with Crippen LogP contribution < -0.4 is 4.74 Å². The maximum atomic E-state index is 12.3. The van der Waals surface area contributed by atoms with Gasteiger partial charge < -0.3 is 4.74 Å². The first-order valence-corrected chi connectivity index (χ1v) is 6.93. The zero-order valence-electron chi connectivity index (χ0n) is 12.1. The van der Waals surface area contributed by atoms with Crippen molar-refractivity contribution in [1.82, 2.24) is 0 Å². The van der Waals surface area contributed by atoms with Crippen LogP contribution in [0.3, 0.4) is 0 Å². The van der Waals surface area contributed by atoms with Gasteiger partial charge in [0.2, 0.25) is 0 Å². The minimum absolute atomic E-state index is 0.317. The van der Waals surface area contributed by atoms with Crippen LogP contribution in [0.4, 0.5) is 0 Å². The van der Waals surface area contributed by atoms with Crippen molar-refractivity contribution in [3.63, 3.8) is 0 Å². The van der Waals surface area contributed by atoms with E-state index in [-0.39, 0.29) is 5.97 Å². The zero-order chi connectivity index (χ0) is 14.8. The molecule has 0 amide bonds. The highest BCUT2D eigenvalue weighted by atomic mass is 16.5. The molecule has 0 aliphatic rings. The molecule has 0 saturated heterocycles. The van der Waals surface area contributed by atoms with Gasteiger partial charge in [0.05, 0.1) is 5.56 Å². The molecule has 2 nitrogen and oxygen atoms in total. The van der Waals surface area contributed by atoms with E-state index in [1.807, 2.05) is 61.5 Å². The van der Waals surface area contributed by atoms with Crippen molar-refractivity contribution in [2.45, 2.75) is 13.8 Å². The van der Waals surface area contributed by atoms with Crippen LogP contribution in [-0.2, 0) is 0 Å². The van der Waals surface area contributed by atoms with Crippen molar-refractivity contribution < 1.29 is 9.53 Å². The van der Waals surface area contributed by atoms with Crippen molar-refractivity contribution in [2.24, 2.45) is 0 Å². The van der Waals surface area contributed by atoms with Crippen LogP contribution in [0, 0.1) is 13.8 Å². The van der Waals surface area contributed by atoms with Crippen molar-refractivity contribution in [3.05, 3.63) is 77.4 Å². The smallest absolute Gasteiger partial charge is 0.343 e. The number of carbonyl (C=O) groups excluding carboxylic acids is 1. The summed E-state index contributed by atoms with van der Waals surface area (Å²) in [5.41, 5.74) is 2.68. The van der Waals surface area contributed by atoms with Gasteiger partial charge in [-0.1, -0.05) is 48.5 Å². The van der Waals surface area contributed by atoms with Crippen molar-refractivity contribution in [2.75, 3.05) is 0 Å². The van der Waals surface area contributed by atoms with E-state index in [4.69, 9.17) is 4.74 Å². The third-order valence-electron chi connectivity index (χ3n) is 3.67. The normalized spacial score (nSPS) is 10.6. The zero-order valence-corrected chi connectivity index (χ0v) is 12.1. The number of ether oxygens (including phenoxy) is 1. The fraction of sp³-hybridized carbons (Fsp3) is 0.105. The molecule has 0 aliphatic carbocycles. The van der Waals surface area contributed by atoms with Gasteiger partial charge in [-0.05, 0) is 42.5 Å². The molecule has 0 radical (unpaired) electrons. The summed E-state index contributed by atoms with van der Waals surface area (Å²) in [6.07, 6.45) is 0. The maximum absolute atomic E-state index is 12.3. The van der Waals surface area contributed by atoms with Gasteiger partial charge in [0.1, 0.15) is 5.75 Å². The number of aryl methyl sites for hydroxylation is 2. The summed E-state index contributed by atoms with van der Waals surface area (Å²) in [5, 5.41) is 2.06. The number of benzene rings is 3. The van der Waals surface area contributed by atoms with E-state index < -0.39 is 0 Å². The Labute approximate surface area is 124 Å². The van der Waals surface area contributed by atoms with Gasteiger partial charge >= 0.3 is 5.97 Å². The second-order valence-corrected chi connectivity index (χ2v) is 5.13. The summed E-state index contributed by atoms with van der Waals surface area (Å²) in [6.45, 7) is 3.96. The lowest BCUT2D eigenvalue weighted by atomic mass is 10.0. The van der Waals surface area contributed by atoms with Crippen LogP contribution in [0.25, 0.3) is 10.8 Å². The minimum atomic E-state index is -0.317. The molecule has 0 unspecified atom stereocenters. The lowest BCUT2D eigenvalue weighted by Gasteiger charge is -2.10. The van der Waals surface area contributed by atoms with E-state index >= 15 is 0 Å². The molecule has 2 heteroatoms. The number of hydrogen-bond donors (Lipinski definition) is 0. The third kappa shape index (κ3) is 2.52. The molecule has 0 bridgehead atoms. The lowest BCUT2D eigenvalue weighted by molar-refractivity contribution is 0.0736. The van der Waals surface area contributed by atoms with Crippen LogP contribution in [0.5, 0.6) is 5.75 Å². The highest BCUT2D eigenvalue weighted by Crippen LogP contribution is 2.28. The summed E-state index contributed by atoms with van der Waals surface area (Å²) in [5.74, 6) is 0.284. The number of carbonyl (C=O) groups is 1. The molecule has 0 aliphatic heterocycles. The minimum Gasteiger partial charge on any atom is -0.422 e. The second kappa shape index (κ2) is 5.41. The molecular weight excluding hydrogens is 260 g/mol. The number of esters is 1. The van der Waals surface area contributed by atoms with Gasteiger partial charge in [-0.15, -0.1) is 0 Å². The molecule has 0 saturated carbocycles. The molecule has 21 heavy (non-hydrogen) atoms. The standard InChI is InChI=1S/C19H16O2/c1-13-7-3-4-9-16(13)19(20)21-18-12-11-14(2)15-8-5-6-10-17(15)18/h3-12H,1-2H3. The fourth-order valence-electron chi connectivity index (χ4n) is 2.47. The Hall–Kier alpha value is -2.61. The van der Waals surface area contributed by atoms with Gasteiger partial charge in [0, 0.05) is 5.39 Å². The predicted molar refractivity (Wildman–Crippen MR) is 84.8 cm³/mol.